The lowest BCUT2D eigenvalue weighted by Crippen LogP contribution is -2.42. The molecule has 0 bridgehead atoms. The molecule has 1 aromatic carbocycles. The van der Waals surface area contributed by atoms with Crippen LogP contribution >= 0.6 is 0 Å². The molecule has 1 aromatic rings. The van der Waals surface area contributed by atoms with Gasteiger partial charge < -0.3 is 14.4 Å². The van der Waals surface area contributed by atoms with Crippen molar-refractivity contribution < 1.29 is 19.1 Å². The van der Waals surface area contributed by atoms with E-state index < -0.39 is 0 Å². The Balaban J connectivity index is 1.97. The molecule has 156 valence electrons. The standard InChI is InChI=1S/C22H34N2O4/c1-3-12-23(13-4-2)18-20(28-22(26)19-8-6-5-7-9-19)10-11-21(25)24-14-16-27-17-15-24/h5-9,20H,3-4,10-18H2,1-2H3. The summed E-state index contributed by atoms with van der Waals surface area (Å²) in [5, 5.41) is 0. The average Bonchev–Trinajstić information content (AvgIpc) is 2.73. The summed E-state index contributed by atoms with van der Waals surface area (Å²) in [6.07, 6.45) is 2.73. The molecule has 6 nitrogen and oxygen atoms in total. The summed E-state index contributed by atoms with van der Waals surface area (Å²) in [6.45, 7) is 9.37. The van der Waals surface area contributed by atoms with Crippen molar-refractivity contribution in [3.05, 3.63) is 35.9 Å². The smallest absolute Gasteiger partial charge is 0.338 e. The number of hydrogen-bond acceptors (Lipinski definition) is 5. The van der Waals surface area contributed by atoms with Crippen LogP contribution in [0.2, 0.25) is 0 Å². The SMILES string of the molecule is CCCN(CCC)CC(CCC(=O)N1CCOCC1)OC(=O)c1ccccc1. The third-order valence-corrected chi connectivity index (χ3v) is 4.87. The number of nitrogens with zero attached hydrogens (tertiary/aromatic N) is 2. The first-order valence-electron chi connectivity index (χ1n) is 10.5. The maximum absolute atomic E-state index is 12.5. The number of morpholine rings is 1. The zero-order valence-corrected chi connectivity index (χ0v) is 17.3. The highest BCUT2D eigenvalue weighted by molar-refractivity contribution is 5.89. The minimum absolute atomic E-state index is 0.113. The minimum Gasteiger partial charge on any atom is -0.457 e. The lowest BCUT2D eigenvalue weighted by molar-refractivity contribution is -0.136. The molecule has 2 rings (SSSR count). The van der Waals surface area contributed by atoms with E-state index in [0.29, 0.717) is 51.3 Å². The van der Waals surface area contributed by atoms with E-state index in [-0.39, 0.29) is 18.0 Å². The molecule has 0 radical (unpaired) electrons. The molecular weight excluding hydrogens is 356 g/mol. The molecule has 1 saturated heterocycles. The van der Waals surface area contributed by atoms with Crippen molar-refractivity contribution >= 4 is 11.9 Å². The van der Waals surface area contributed by atoms with Gasteiger partial charge in [-0.25, -0.2) is 4.79 Å². The molecule has 0 spiro atoms. The lowest BCUT2D eigenvalue weighted by Gasteiger charge is -2.29. The highest BCUT2D eigenvalue weighted by atomic mass is 16.5. The summed E-state index contributed by atoms with van der Waals surface area (Å²) in [6, 6.07) is 9.05. The molecule has 0 aromatic heterocycles. The number of carbonyl (C=O) groups excluding carboxylic acids is 2. The molecule has 0 aliphatic carbocycles. The van der Waals surface area contributed by atoms with E-state index in [1.165, 1.54) is 0 Å². The van der Waals surface area contributed by atoms with E-state index in [1.54, 1.807) is 12.1 Å². The lowest BCUT2D eigenvalue weighted by atomic mass is 10.1. The Hall–Kier alpha value is -1.92. The van der Waals surface area contributed by atoms with Crippen molar-refractivity contribution in [2.75, 3.05) is 45.9 Å². The molecular formula is C22H34N2O4. The van der Waals surface area contributed by atoms with Crippen molar-refractivity contribution in [1.29, 1.82) is 0 Å². The normalized spacial score (nSPS) is 15.5. The van der Waals surface area contributed by atoms with Crippen LogP contribution in [0.1, 0.15) is 49.9 Å². The number of rotatable bonds is 11. The van der Waals surface area contributed by atoms with Gasteiger partial charge in [0.15, 0.2) is 0 Å². The first-order chi connectivity index (χ1) is 13.6. The fraction of sp³-hybridized carbons (Fsp3) is 0.636. The highest BCUT2D eigenvalue weighted by Gasteiger charge is 2.23. The topological polar surface area (TPSA) is 59.1 Å². The maximum Gasteiger partial charge on any atom is 0.338 e. The van der Waals surface area contributed by atoms with Gasteiger partial charge in [0.1, 0.15) is 6.10 Å². The van der Waals surface area contributed by atoms with Gasteiger partial charge in [-0.1, -0.05) is 32.0 Å². The molecule has 1 fully saturated rings. The number of esters is 1. The monoisotopic (exact) mass is 390 g/mol. The van der Waals surface area contributed by atoms with Crippen LogP contribution in [0, 0.1) is 0 Å². The van der Waals surface area contributed by atoms with Crippen molar-refractivity contribution in [3.8, 4) is 0 Å². The van der Waals surface area contributed by atoms with E-state index in [0.717, 1.165) is 25.9 Å². The number of hydrogen-bond donors (Lipinski definition) is 0. The van der Waals surface area contributed by atoms with Crippen LogP contribution in [0.4, 0.5) is 0 Å². The predicted octanol–water partition coefficient (Wildman–Crippen LogP) is 2.97. The van der Waals surface area contributed by atoms with Crippen LogP contribution in [0.5, 0.6) is 0 Å². The number of ether oxygens (including phenoxy) is 2. The summed E-state index contributed by atoms with van der Waals surface area (Å²) < 4.78 is 11.1. The van der Waals surface area contributed by atoms with Crippen molar-refractivity contribution in [3.63, 3.8) is 0 Å². The van der Waals surface area contributed by atoms with Gasteiger partial charge in [-0.15, -0.1) is 0 Å². The Morgan fingerprint density at radius 1 is 1.11 bits per heavy atom. The minimum atomic E-state index is -0.322. The Kier molecular flexibility index (Phi) is 10.0. The third-order valence-electron chi connectivity index (χ3n) is 4.87. The second-order valence-corrected chi connectivity index (χ2v) is 7.23. The molecule has 28 heavy (non-hydrogen) atoms. The summed E-state index contributed by atoms with van der Waals surface area (Å²) in [7, 11) is 0. The molecule has 1 aliphatic rings. The van der Waals surface area contributed by atoms with Gasteiger partial charge in [-0.05, 0) is 44.5 Å². The largest absolute Gasteiger partial charge is 0.457 e. The quantitative estimate of drug-likeness (QED) is 0.544. The fourth-order valence-electron chi connectivity index (χ4n) is 3.45. The molecule has 0 N–H and O–H groups in total. The second-order valence-electron chi connectivity index (χ2n) is 7.23. The summed E-state index contributed by atoms with van der Waals surface area (Å²) >= 11 is 0. The molecule has 0 saturated carbocycles. The Labute approximate surface area is 168 Å². The molecule has 1 amide bonds. The molecule has 6 heteroatoms. The summed E-state index contributed by atoms with van der Waals surface area (Å²) in [5.74, 6) is -0.209. The fourth-order valence-corrected chi connectivity index (χ4v) is 3.45. The Morgan fingerprint density at radius 3 is 2.36 bits per heavy atom. The van der Waals surface area contributed by atoms with Crippen LogP contribution in [-0.4, -0.2) is 73.7 Å². The Morgan fingerprint density at radius 2 is 1.75 bits per heavy atom. The summed E-state index contributed by atoms with van der Waals surface area (Å²) in [4.78, 5) is 29.2. The third kappa shape index (κ3) is 7.60. The molecule has 1 heterocycles. The first-order valence-corrected chi connectivity index (χ1v) is 10.5. The Bertz CT molecular complexity index is 581. The van der Waals surface area contributed by atoms with Crippen molar-refractivity contribution in [2.45, 2.75) is 45.6 Å². The zero-order chi connectivity index (χ0) is 20.2. The molecule has 1 aliphatic heterocycles. The average molecular weight is 391 g/mol. The summed E-state index contributed by atoms with van der Waals surface area (Å²) in [5.41, 5.74) is 0.546. The van der Waals surface area contributed by atoms with Gasteiger partial charge in [0.2, 0.25) is 5.91 Å². The predicted molar refractivity (Wildman–Crippen MR) is 109 cm³/mol. The van der Waals surface area contributed by atoms with Crippen LogP contribution in [0.15, 0.2) is 30.3 Å². The van der Waals surface area contributed by atoms with Crippen LogP contribution in [-0.2, 0) is 14.3 Å². The van der Waals surface area contributed by atoms with E-state index in [9.17, 15) is 9.59 Å². The van der Waals surface area contributed by atoms with Gasteiger partial charge >= 0.3 is 5.97 Å². The van der Waals surface area contributed by atoms with Crippen molar-refractivity contribution in [1.82, 2.24) is 9.80 Å². The van der Waals surface area contributed by atoms with Gasteiger partial charge in [-0.2, -0.15) is 0 Å². The van der Waals surface area contributed by atoms with E-state index in [2.05, 4.69) is 18.7 Å². The second kappa shape index (κ2) is 12.5. The van der Waals surface area contributed by atoms with Crippen LogP contribution < -0.4 is 0 Å². The molecule has 1 atom stereocenters. The van der Waals surface area contributed by atoms with Gasteiger partial charge in [-0.3, -0.25) is 9.69 Å². The zero-order valence-electron chi connectivity index (χ0n) is 17.3. The van der Waals surface area contributed by atoms with Gasteiger partial charge in [0.25, 0.3) is 0 Å². The number of amides is 1. The molecule has 1 unspecified atom stereocenters. The van der Waals surface area contributed by atoms with Crippen molar-refractivity contribution in [2.24, 2.45) is 0 Å². The highest BCUT2D eigenvalue weighted by Crippen LogP contribution is 2.13. The van der Waals surface area contributed by atoms with Gasteiger partial charge in [0.05, 0.1) is 18.8 Å². The number of carbonyl (C=O) groups is 2. The number of benzene rings is 1. The van der Waals surface area contributed by atoms with Gasteiger partial charge in [0, 0.05) is 26.1 Å². The van der Waals surface area contributed by atoms with Crippen LogP contribution in [0.25, 0.3) is 0 Å². The maximum atomic E-state index is 12.5. The van der Waals surface area contributed by atoms with Crippen LogP contribution in [0.3, 0.4) is 0 Å². The van der Waals surface area contributed by atoms with E-state index in [1.807, 2.05) is 23.1 Å². The van der Waals surface area contributed by atoms with E-state index >= 15 is 0 Å². The van der Waals surface area contributed by atoms with E-state index in [4.69, 9.17) is 9.47 Å². The first kappa shape index (κ1) is 22.4.